The van der Waals surface area contributed by atoms with Crippen LogP contribution in [0.25, 0.3) is 0 Å². The molecule has 1 rings (SSSR count). The molecule has 0 bridgehead atoms. The largest absolute Gasteiger partial charge is 0.469 e. The lowest BCUT2D eigenvalue weighted by atomic mass is 9.97. The van der Waals surface area contributed by atoms with Crippen molar-refractivity contribution in [2.45, 2.75) is 20.3 Å². The molecule has 0 saturated heterocycles. The second-order valence-electron chi connectivity index (χ2n) is 4.16. The lowest BCUT2D eigenvalue weighted by Gasteiger charge is -2.13. The molecular formula is C13H19NO2. The predicted molar refractivity (Wildman–Crippen MR) is 64.2 cm³/mol. The lowest BCUT2D eigenvalue weighted by molar-refractivity contribution is -0.145. The van der Waals surface area contributed by atoms with Gasteiger partial charge in [0.2, 0.25) is 0 Å². The summed E-state index contributed by atoms with van der Waals surface area (Å²) in [6.45, 7) is 4.41. The highest BCUT2D eigenvalue weighted by atomic mass is 16.5. The third-order valence-corrected chi connectivity index (χ3v) is 2.58. The minimum atomic E-state index is -0.244. The summed E-state index contributed by atoms with van der Waals surface area (Å²) in [7, 11) is 1.40. The third kappa shape index (κ3) is 3.35. The minimum Gasteiger partial charge on any atom is -0.469 e. The van der Waals surface area contributed by atoms with Gasteiger partial charge in [0.05, 0.1) is 13.0 Å². The summed E-state index contributed by atoms with van der Waals surface area (Å²) in [6.07, 6.45) is 0.645. The van der Waals surface area contributed by atoms with E-state index in [1.807, 2.05) is 13.8 Å². The van der Waals surface area contributed by atoms with Crippen molar-refractivity contribution < 1.29 is 9.53 Å². The topological polar surface area (TPSA) is 52.3 Å². The molecule has 16 heavy (non-hydrogen) atoms. The van der Waals surface area contributed by atoms with E-state index >= 15 is 0 Å². The maximum atomic E-state index is 11.4. The molecule has 3 heteroatoms. The zero-order valence-electron chi connectivity index (χ0n) is 10.1. The molecule has 1 atom stereocenters. The number of aryl methyl sites for hydroxylation is 2. The first kappa shape index (κ1) is 12.7. The van der Waals surface area contributed by atoms with Crippen LogP contribution in [0, 0.1) is 19.8 Å². The second-order valence-corrected chi connectivity index (χ2v) is 4.16. The maximum absolute atomic E-state index is 11.4. The van der Waals surface area contributed by atoms with Crippen molar-refractivity contribution in [1.82, 2.24) is 0 Å². The Morgan fingerprint density at radius 1 is 1.31 bits per heavy atom. The summed E-state index contributed by atoms with van der Waals surface area (Å²) in [4.78, 5) is 11.4. The van der Waals surface area contributed by atoms with Crippen molar-refractivity contribution in [3.8, 4) is 0 Å². The normalized spacial score (nSPS) is 12.2. The quantitative estimate of drug-likeness (QED) is 0.786. The van der Waals surface area contributed by atoms with E-state index < -0.39 is 0 Å². The van der Waals surface area contributed by atoms with E-state index in [9.17, 15) is 4.79 Å². The fraction of sp³-hybridized carbons (Fsp3) is 0.462. The monoisotopic (exact) mass is 221 g/mol. The summed E-state index contributed by atoms with van der Waals surface area (Å²) >= 11 is 0. The average Bonchev–Trinajstić information content (AvgIpc) is 2.23. The van der Waals surface area contributed by atoms with Crippen LogP contribution in [-0.2, 0) is 16.0 Å². The molecule has 0 aliphatic heterocycles. The van der Waals surface area contributed by atoms with Crippen LogP contribution >= 0.6 is 0 Å². The van der Waals surface area contributed by atoms with Gasteiger partial charge in [-0.3, -0.25) is 4.79 Å². The molecule has 1 aromatic carbocycles. The number of carbonyl (C=O) groups is 1. The number of hydrogen-bond acceptors (Lipinski definition) is 3. The molecule has 0 spiro atoms. The Morgan fingerprint density at radius 2 is 1.88 bits per heavy atom. The highest BCUT2D eigenvalue weighted by Crippen LogP contribution is 2.14. The first-order valence-corrected chi connectivity index (χ1v) is 5.42. The van der Waals surface area contributed by atoms with E-state index in [0.29, 0.717) is 13.0 Å². The van der Waals surface area contributed by atoms with Crippen LogP contribution in [0.2, 0.25) is 0 Å². The Bertz CT molecular complexity index is 354. The van der Waals surface area contributed by atoms with Gasteiger partial charge in [-0.15, -0.1) is 0 Å². The van der Waals surface area contributed by atoms with E-state index in [1.54, 1.807) is 0 Å². The smallest absolute Gasteiger partial charge is 0.310 e. The summed E-state index contributed by atoms with van der Waals surface area (Å²) in [5.41, 5.74) is 9.12. The van der Waals surface area contributed by atoms with Crippen LogP contribution in [0.3, 0.4) is 0 Å². The first-order valence-electron chi connectivity index (χ1n) is 5.42. The zero-order valence-corrected chi connectivity index (χ0v) is 10.1. The molecular weight excluding hydrogens is 202 g/mol. The molecule has 1 unspecified atom stereocenters. The molecule has 88 valence electrons. The number of esters is 1. The van der Waals surface area contributed by atoms with Crippen LogP contribution in [0.4, 0.5) is 0 Å². The number of ether oxygens (including phenoxy) is 1. The molecule has 3 nitrogen and oxygen atoms in total. The van der Waals surface area contributed by atoms with Gasteiger partial charge in [0.25, 0.3) is 0 Å². The number of hydrogen-bond donors (Lipinski definition) is 1. The summed E-state index contributed by atoms with van der Waals surface area (Å²) < 4.78 is 4.72. The first-order chi connectivity index (χ1) is 7.56. The number of rotatable bonds is 4. The second kappa shape index (κ2) is 5.66. The van der Waals surface area contributed by atoms with E-state index in [1.165, 1.54) is 18.2 Å². The lowest BCUT2D eigenvalue weighted by Crippen LogP contribution is -2.26. The Morgan fingerprint density at radius 3 is 2.31 bits per heavy atom. The number of benzene rings is 1. The molecule has 0 aliphatic carbocycles. The molecule has 0 amide bonds. The molecule has 0 heterocycles. The van der Waals surface area contributed by atoms with E-state index in [-0.39, 0.29) is 11.9 Å². The van der Waals surface area contributed by atoms with Gasteiger partial charge in [0.1, 0.15) is 0 Å². The van der Waals surface area contributed by atoms with Crippen molar-refractivity contribution in [3.63, 3.8) is 0 Å². The Labute approximate surface area is 96.6 Å². The average molecular weight is 221 g/mol. The Balaban J connectivity index is 2.81. The molecule has 0 aromatic heterocycles. The molecule has 0 radical (unpaired) electrons. The minimum absolute atomic E-state index is 0.235. The third-order valence-electron chi connectivity index (χ3n) is 2.58. The van der Waals surface area contributed by atoms with Crippen molar-refractivity contribution in [2.24, 2.45) is 11.7 Å². The fourth-order valence-electron chi connectivity index (χ4n) is 1.90. The van der Waals surface area contributed by atoms with Gasteiger partial charge in [0.15, 0.2) is 0 Å². The molecule has 0 aliphatic rings. The van der Waals surface area contributed by atoms with E-state index in [2.05, 4.69) is 18.2 Å². The number of carbonyl (C=O) groups excluding carboxylic acids is 1. The standard InChI is InChI=1S/C13H19NO2/c1-9-4-10(2)6-11(5-9)7-12(8-14)13(15)16-3/h4-6,12H,7-8,14H2,1-3H3. The highest BCUT2D eigenvalue weighted by Gasteiger charge is 2.17. The summed E-state index contributed by atoms with van der Waals surface area (Å²) in [5, 5.41) is 0. The summed E-state index contributed by atoms with van der Waals surface area (Å²) in [5.74, 6) is -0.479. The SMILES string of the molecule is COC(=O)C(CN)Cc1cc(C)cc(C)c1. The Kier molecular flexibility index (Phi) is 4.50. The Hall–Kier alpha value is -1.35. The van der Waals surface area contributed by atoms with Gasteiger partial charge in [-0.1, -0.05) is 29.3 Å². The van der Waals surface area contributed by atoms with Crippen molar-refractivity contribution >= 4 is 5.97 Å². The van der Waals surface area contributed by atoms with Crippen LogP contribution in [0.5, 0.6) is 0 Å². The fourth-order valence-corrected chi connectivity index (χ4v) is 1.90. The maximum Gasteiger partial charge on any atom is 0.310 e. The van der Waals surface area contributed by atoms with Crippen molar-refractivity contribution in [3.05, 3.63) is 34.9 Å². The highest BCUT2D eigenvalue weighted by molar-refractivity contribution is 5.72. The zero-order chi connectivity index (χ0) is 12.1. The van der Waals surface area contributed by atoms with Gasteiger partial charge in [-0.05, 0) is 25.8 Å². The van der Waals surface area contributed by atoms with Gasteiger partial charge in [0, 0.05) is 6.54 Å². The summed E-state index contributed by atoms with van der Waals surface area (Å²) in [6, 6.07) is 6.27. The number of nitrogens with two attached hydrogens (primary N) is 1. The van der Waals surface area contributed by atoms with Gasteiger partial charge < -0.3 is 10.5 Å². The van der Waals surface area contributed by atoms with Crippen molar-refractivity contribution in [1.29, 1.82) is 0 Å². The number of methoxy groups -OCH3 is 1. The van der Waals surface area contributed by atoms with Gasteiger partial charge >= 0.3 is 5.97 Å². The van der Waals surface area contributed by atoms with Gasteiger partial charge in [-0.2, -0.15) is 0 Å². The van der Waals surface area contributed by atoms with Crippen LogP contribution in [0.1, 0.15) is 16.7 Å². The molecule has 0 fully saturated rings. The predicted octanol–water partition coefficient (Wildman–Crippen LogP) is 1.59. The van der Waals surface area contributed by atoms with Crippen LogP contribution in [0.15, 0.2) is 18.2 Å². The van der Waals surface area contributed by atoms with Gasteiger partial charge in [-0.25, -0.2) is 0 Å². The molecule has 2 N–H and O–H groups in total. The van der Waals surface area contributed by atoms with Crippen LogP contribution < -0.4 is 5.73 Å². The van der Waals surface area contributed by atoms with Crippen LogP contribution in [-0.4, -0.2) is 19.6 Å². The molecule has 0 saturated carbocycles. The van der Waals surface area contributed by atoms with E-state index in [0.717, 1.165) is 5.56 Å². The van der Waals surface area contributed by atoms with Crippen molar-refractivity contribution in [2.75, 3.05) is 13.7 Å². The van der Waals surface area contributed by atoms with E-state index in [4.69, 9.17) is 10.5 Å². The molecule has 1 aromatic rings.